The third-order valence-corrected chi connectivity index (χ3v) is 6.32. The molecule has 0 saturated carbocycles. The second kappa shape index (κ2) is 14.7. The standard InChI is InChI=1S/C30H32N6O2.C2H6/c1-5-7-20(17-33-30(37)21-10-11-22-18-38-19-23(16-31)24(22)15-21)14-28-25(32-2)12-13-27(34-28)26-8-6-9-29(35-26)36(3)4;1-2/h6-15,23H,5,17-19H2,1-4H3,(H,33,37);1-2H3/b20-7-,28-14+,32-25?;. The van der Waals surface area contributed by atoms with Crippen LogP contribution in [0.5, 0.6) is 0 Å². The van der Waals surface area contributed by atoms with Gasteiger partial charge >= 0.3 is 0 Å². The topological polar surface area (TPSA) is 103 Å². The van der Waals surface area contributed by atoms with E-state index in [0.29, 0.717) is 31.0 Å². The molecule has 0 fully saturated rings. The maximum Gasteiger partial charge on any atom is 0.251 e. The minimum atomic E-state index is -0.363. The number of aliphatic imine (C=N–C) groups is 2. The lowest BCUT2D eigenvalue weighted by Gasteiger charge is -2.21. The van der Waals surface area contributed by atoms with Crippen molar-refractivity contribution in [3.05, 3.63) is 94.4 Å². The molecule has 3 heterocycles. The van der Waals surface area contributed by atoms with E-state index in [0.717, 1.165) is 46.1 Å². The van der Waals surface area contributed by atoms with E-state index in [1.54, 1.807) is 13.1 Å². The number of nitrogens with one attached hydrogen (secondary N) is 1. The van der Waals surface area contributed by atoms with Gasteiger partial charge in [0.15, 0.2) is 0 Å². The second-order valence-electron chi connectivity index (χ2n) is 9.22. The largest absolute Gasteiger partial charge is 0.375 e. The number of hydrogen-bond donors (Lipinski definition) is 1. The highest BCUT2D eigenvalue weighted by Crippen LogP contribution is 2.27. The number of benzene rings is 1. The zero-order valence-corrected chi connectivity index (χ0v) is 24.2. The lowest BCUT2D eigenvalue weighted by molar-refractivity contribution is 0.0952. The van der Waals surface area contributed by atoms with Crippen LogP contribution in [0.25, 0.3) is 0 Å². The van der Waals surface area contributed by atoms with Gasteiger partial charge in [-0.1, -0.05) is 39.0 Å². The van der Waals surface area contributed by atoms with Crippen LogP contribution in [0.2, 0.25) is 0 Å². The number of nitriles is 1. The van der Waals surface area contributed by atoms with E-state index in [1.807, 2.05) is 81.4 Å². The third kappa shape index (κ3) is 7.39. The summed E-state index contributed by atoms with van der Waals surface area (Å²) < 4.78 is 5.48. The fourth-order valence-electron chi connectivity index (χ4n) is 4.30. The SMILES string of the molecule is CC.CC/C=C(/C=C1/N=C(c2cccc(N(C)C)n2)C=CC1=NC)CNC(=O)c1ccc2c(c1)C(C#N)COC2. The fraction of sp³-hybridized carbons (Fsp3) is 0.344. The first kappa shape index (κ1) is 30.2. The molecule has 40 heavy (non-hydrogen) atoms. The van der Waals surface area contributed by atoms with Crippen molar-refractivity contribution >= 4 is 23.1 Å². The predicted octanol–water partition coefficient (Wildman–Crippen LogP) is 5.39. The van der Waals surface area contributed by atoms with Crippen LogP contribution in [-0.2, 0) is 11.3 Å². The van der Waals surface area contributed by atoms with Crippen molar-refractivity contribution in [3.8, 4) is 6.07 Å². The molecule has 1 aromatic carbocycles. The van der Waals surface area contributed by atoms with Crippen LogP contribution in [0.3, 0.4) is 0 Å². The van der Waals surface area contributed by atoms with E-state index in [2.05, 4.69) is 29.4 Å². The van der Waals surface area contributed by atoms with Crippen molar-refractivity contribution < 1.29 is 9.53 Å². The predicted molar refractivity (Wildman–Crippen MR) is 162 cm³/mol. The van der Waals surface area contributed by atoms with E-state index >= 15 is 0 Å². The van der Waals surface area contributed by atoms with Gasteiger partial charge in [0.05, 0.1) is 48.0 Å². The zero-order chi connectivity index (χ0) is 29.1. The number of anilines is 1. The Morgan fingerprint density at radius 1 is 1.25 bits per heavy atom. The summed E-state index contributed by atoms with van der Waals surface area (Å²) in [5.41, 5.74) is 6.25. The molecular weight excluding hydrogens is 500 g/mol. The number of ether oxygens (including phenoxy) is 1. The summed E-state index contributed by atoms with van der Waals surface area (Å²) in [4.78, 5) is 28.9. The lowest BCUT2D eigenvalue weighted by atomic mass is 9.92. The molecule has 1 aromatic heterocycles. The van der Waals surface area contributed by atoms with Crippen LogP contribution in [0, 0.1) is 11.3 Å². The van der Waals surface area contributed by atoms with Gasteiger partial charge < -0.3 is 15.0 Å². The second-order valence-corrected chi connectivity index (χ2v) is 9.22. The molecule has 0 aliphatic carbocycles. The van der Waals surface area contributed by atoms with E-state index in [1.165, 1.54) is 0 Å². The average Bonchev–Trinajstić information content (AvgIpc) is 3.00. The minimum absolute atomic E-state index is 0.196. The van der Waals surface area contributed by atoms with Crippen LogP contribution in [0.4, 0.5) is 5.82 Å². The maximum atomic E-state index is 13.0. The summed E-state index contributed by atoms with van der Waals surface area (Å²) in [5.74, 6) is 0.292. The summed E-state index contributed by atoms with van der Waals surface area (Å²) in [6.07, 6.45) is 8.68. The van der Waals surface area contributed by atoms with Crippen molar-refractivity contribution in [1.29, 1.82) is 5.26 Å². The molecular formula is C32H38N6O2. The highest BCUT2D eigenvalue weighted by Gasteiger charge is 2.22. The zero-order valence-electron chi connectivity index (χ0n) is 24.2. The first-order chi connectivity index (χ1) is 19.4. The molecule has 1 amide bonds. The number of allylic oxidation sites excluding steroid dienone is 3. The van der Waals surface area contributed by atoms with Crippen LogP contribution in [0.15, 0.2) is 82.0 Å². The maximum absolute atomic E-state index is 13.0. The van der Waals surface area contributed by atoms with E-state index in [9.17, 15) is 10.1 Å². The number of nitrogens with zero attached hydrogens (tertiary/aromatic N) is 5. The summed E-state index contributed by atoms with van der Waals surface area (Å²) in [6.45, 7) is 7.19. The van der Waals surface area contributed by atoms with Crippen molar-refractivity contribution in [2.75, 3.05) is 39.2 Å². The number of amides is 1. The number of pyridine rings is 1. The molecule has 1 atom stereocenters. The molecule has 8 nitrogen and oxygen atoms in total. The molecule has 0 radical (unpaired) electrons. The number of hydrogen-bond acceptors (Lipinski definition) is 7. The Morgan fingerprint density at radius 2 is 2.05 bits per heavy atom. The molecule has 4 rings (SSSR count). The van der Waals surface area contributed by atoms with Crippen molar-refractivity contribution in [2.45, 2.75) is 39.7 Å². The first-order valence-electron chi connectivity index (χ1n) is 13.6. The summed E-state index contributed by atoms with van der Waals surface area (Å²) in [7, 11) is 5.64. The smallest absolute Gasteiger partial charge is 0.251 e. The van der Waals surface area contributed by atoms with Gasteiger partial charge in [0.25, 0.3) is 5.91 Å². The number of carbonyl (C=O) groups is 1. The minimum Gasteiger partial charge on any atom is -0.375 e. The Balaban J connectivity index is 0.00000216. The molecule has 0 saturated heterocycles. The molecule has 2 aromatic rings. The Hall–Kier alpha value is -4.35. The number of aromatic nitrogens is 1. The van der Waals surface area contributed by atoms with E-state index in [-0.39, 0.29) is 11.8 Å². The number of fused-ring (bicyclic) bond motifs is 1. The molecule has 0 bridgehead atoms. The molecule has 8 heteroatoms. The highest BCUT2D eigenvalue weighted by molar-refractivity contribution is 6.20. The summed E-state index contributed by atoms with van der Waals surface area (Å²) >= 11 is 0. The Bertz CT molecular complexity index is 1410. The van der Waals surface area contributed by atoms with Gasteiger partial charge in [-0.25, -0.2) is 9.98 Å². The number of carbonyl (C=O) groups excluding carboxylic acids is 1. The van der Waals surface area contributed by atoms with Gasteiger partial charge in [-0.15, -0.1) is 0 Å². The van der Waals surface area contributed by atoms with Gasteiger partial charge in [-0.3, -0.25) is 9.79 Å². The van der Waals surface area contributed by atoms with Gasteiger partial charge in [0.1, 0.15) is 5.82 Å². The quantitative estimate of drug-likeness (QED) is 0.509. The normalized spacial score (nSPS) is 18.3. The van der Waals surface area contributed by atoms with Gasteiger partial charge in [-0.05, 0) is 65.6 Å². The number of dihydropyridines is 1. The Labute approximate surface area is 237 Å². The Kier molecular flexibility index (Phi) is 11.1. The molecule has 2 aliphatic heterocycles. The fourth-order valence-corrected chi connectivity index (χ4v) is 4.30. The van der Waals surface area contributed by atoms with Crippen molar-refractivity contribution in [3.63, 3.8) is 0 Å². The molecule has 1 unspecified atom stereocenters. The molecule has 208 valence electrons. The van der Waals surface area contributed by atoms with Crippen LogP contribution >= 0.6 is 0 Å². The summed E-state index contributed by atoms with van der Waals surface area (Å²) in [6, 6.07) is 13.6. The van der Waals surface area contributed by atoms with Crippen LogP contribution < -0.4 is 10.2 Å². The van der Waals surface area contributed by atoms with Gasteiger partial charge in [0, 0.05) is 33.3 Å². The average molecular weight is 539 g/mol. The monoisotopic (exact) mass is 538 g/mol. The Morgan fingerprint density at radius 3 is 2.75 bits per heavy atom. The van der Waals surface area contributed by atoms with Gasteiger partial charge in [0.2, 0.25) is 0 Å². The highest BCUT2D eigenvalue weighted by atomic mass is 16.5. The molecule has 0 spiro atoms. The molecule has 1 N–H and O–H groups in total. The van der Waals surface area contributed by atoms with Crippen LogP contribution in [-0.4, -0.2) is 56.6 Å². The van der Waals surface area contributed by atoms with E-state index < -0.39 is 0 Å². The van der Waals surface area contributed by atoms with Crippen molar-refractivity contribution in [2.24, 2.45) is 9.98 Å². The molecule has 2 aliphatic rings. The van der Waals surface area contributed by atoms with Crippen molar-refractivity contribution in [1.82, 2.24) is 10.3 Å². The lowest BCUT2D eigenvalue weighted by Crippen LogP contribution is -2.26. The van der Waals surface area contributed by atoms with Crippen LogP contribution in [0.1, 0.15) is 60.3 Å². The number of rotatable bonds is 7. The van der Waals surface area contributed by atoms with E-state index in [4.69, 9.17) is 14.7 Å². The van der Waals surface area contributed by atoms with Gasteiger partial charge in [-0.2, -0.15) is 5.26 Å². The first-order valence-corrected chi connectivity index (χ1v) is 13.6. The summed E-state index contributed by atoms with van der Waals surface area (Å²) in [5, 5.41) is 12.5. The third-order valence-electron chi connectivity index (χ3n) is 6.32.